The fraction of sp³-hybridized carbons (Fsp3) is 0.344. The predicted molar refractivity (Wildman–Crippen MR) is 152 cm³/mol. The maximum atomic E-state index is 13.8. The Kier molecular flexibility index (Phi) is 8.73. The number of anilines is 1. The summed E-state index contributed by atoms with van der Waals surface area (Å²) >= 11 is 0. The zero-order chi connectivity index (χ0) is 28.9. The van der Waals surface area contributed by atoms with Crippen molar-refractivity contribution in [1.29, 1.82) is 0 Å². The minimum atomic E-state index is -1.28. The Labute approximate surface area is 237 Å². The van der Waals surface area contributed by atoms with E-state index in [-0.39, 0.29) is 18.3 Å². The molecule has 5 rings (SSSR count). The van der Waals surface area contributed by atoms with Gasteiger partial charge in [0.05, 0.1) is 23.4 Å². The molecule has 2 N–H and O–H groups in total. The lowest BCUT2D eigenvalue weighted by molar-refractivity contribution is -0.133. The standard InChI is InChI=1S/C32H33F2N3O4/c1-37-27-14-8-7-13-25(27)29(21-11-3-2-4-12-21)35-30(32(37)40)36-31(39)26(15-20-9-5-6-10-20)28(38)19-41-24-17-22(33)16-23(34)18-24/h2-4,7-8,11-14,16-18,20,26,28,30,38H,5-6,9-10,15,19H2,1H3,(H,36,39). The summed E-state index contributed by atoms with van der Waals surface area (Å²) in [4.78, 5) is 33.6. The number of fused-ring (bicyclic) bond motifs is 1. The van der Waals surface area contributed by atoms with Gasteiger partial charge in [-0.2, -0.15) is 0 Å². The molecule has 3 aromatic carbocycles. The van der Waals surface area contributed by atoms with Gasteiger partial charge in [0.25, 0.3) is 5.91 Å². The van der Waals surface area contributed by atoms with Crippen LogP contribution in [0.1, 0.15) is 43.2 Å². The van der Waals surface area contributed by atoms with Crippen LogP contribution in [0.3, 0.4) is 0 Å². The van der Waals surface area contributed by atoms with Crippen LogP contribution < -0.4 is 15.0 Å². The molecule has 1 saturated carbocycles. The number of benzodiazepines with no additional fused rings is 1. The molecule has 0 spiro atoms. The number of aliphatic hydroxyl groups is 1. The van der Waals surface area contributed by atoms with Gasteiger partial charge in [-0.05, 0) is 18.4 Å². The molecule has 1 aliphatic carbocycles. The number of rotatable bonds is 9. The highest BCUT2D eigenvalue weighted by molar-refractivity contribution is 6.20. The smallest absolute Gasteiger partial charge is 0.272 e. The highest BCUT2D eigenvalue weighted by Crippen LogP contribution is 2.32. The van der Waals surface area contributed by atoms with Crippen LogP contribution >= 0.6 is 0 Å². The van der Waals surface area contributed by atoms with Gasteiger partial charge in [0.15, 0.2) is 0 Å². The molecule has 0 radical (unpaired) electrons. The van der Waals surface area contributed by atoms with E-state index in [4.69, 9.17) is 9.73 Å². The molecular formula is C32H33F2N3O4. The van der Waals surface area contributed by atoms with Crippen molar-refractivity contribution in [2.75, 3.05) is 18.6 Å². The van der Waals surface area contributed by atoms with Gasteiger partial charge in [0.1, 0.15) is 24.0 Å². The first-order chi connectivity index (χ1) is 19.8. The van der Waals surface area contributed by atoms with Crippen LogP contribution in [0.15, 0.2) is 77.8 Å². The second-order valence-electron chi connectivity index (χ2n) is 10.6. The number of hydrogen-bond donors (Lipinski definition) is 2. The van der Waals surface area contributed by atoms with E-state index in [1.165, 1.54) is 4.90 Å². The van der Waals surface area contributed by atoms with Crippen LogP contribution in [-0.4, -0.2) is 48.6 Å². The molecule has 3 unspecified atom stereocenters. The van der Waals surface area contributed by atoms with Crippen molar-refractivity contribution in [3.8, 4) is 5.75 Å². The molecular weight excluding hydrogens is 528 g/mol. The summed E-state index contributed by atoms with van der Waals surface area (Å²) in [5.41, 5.74) is 2.77. The summed E-state index contributed by atoms with van der Waals surface area (Å²) in [5.74, 6) is -3.35. The molecule has 1 aliphatic heterocycles. The SMILES string of the molecule is CN1C(=O)C(NC(=O)C(CC2CCCC2)C(O)COc2cc(F)cc(F)c2)N=C(c2ccccc2)c2ccccc21. The summed E-state index contributed by atoms with van der Waals surface area (Å²) < 4.78 is 32.7. The number of benzene rings is 3. The number of amides is 2. The second kappa shape index (κ2) is 12.6. The van der Waals surface area contributed by atoms with Crippen molar-refractivity contribution in [2.24, 2.45) is 16.8 Å². The monoisotopic (exact) mass is 561 g/mol. The topological polar surface area (TPSA) is 91.2 Å². The summed E-state index contributed by atoms with van der Waals surface area (Å²) in [6.07, 6.45) is 1.83. The second-order valence-corrected chi connectivity index (χ2v) is 10.6. The van der Waals surface area contributed by atoms with E-state index in [9.17, 15) is 23.5 Å². The van der Waals surface area contributed by atoms with Gasteiger partial charge >= 0.3 is 0 Å². The fourth-order valence-corrected chi connectivity index (χ4v) is 5.64. The van der Waals surface area contributed by atoms with Gasteiger partial charge < -0.3 is 20.1 Å². The minimum Gasteiger partial charge on any atom is -0.491 e. The Balaban J connectivity index is 1.41. The highest BCUT2D eigenvalue weighted by atomic mass is 19.1. The number of aliphatic imine (C=N–C) groups is 1. The van der Waals surface area contributed by atoms with E-state index >= 15 is 0 Å². The van der Waals surface area contributed by atoms with E-state index in [1.807, 2.05) is 54.6 Å². The number of ether oxygens (including phenoxy) is 1. The number of nitrogens with zero attached hydrogens (tertiary/aromatic N) is 2. The van der Waals surface area contributed by atoms with E-state index in [1.54, 1.807) is 7.05 Å². The van der Waals surface area contributed by atoms with E-state index in [0.717, 1.165) is 55.0 Å². The van der Waals surface area contributed by atoms with Gasteiger partial charge in [-0.3, -0.25) is 9.59 Å². The van der Waals surface area contributed by atoms with Gasteiger partial charge in [-0.25, -0.2) is 13.8 Å². The lowest BCUT2D eigenvalue weighted by Crippen LogP contribution is -2.50. The number of halogens is 2. The van der Waals surface area contributed by atoms with E-state index in [2.05, 4.69) is 5.32 Å². The van der Waals surface area contributed by atoms with Gasteiger partial charge in [-0.15, -0.1) is 0 Å². The van der Waals surface area contributed by atoms with Gasteiger partial charge in [-0.1, -0.05) is 74.2 Å². The molecule has 0 aromatic heterocycles. The van der Waals surface area contributed by atoms with Crippen LogP contribution in [0.4, 0.5) is 14.5 Å². The van der Waals surface area contributed by atoms with Gasteiger partial charge in [0, 0.05) is 36.4 Å². The Bertz CT molecular complexity index is 1410. The lowest BCUT2D eigenvalue weighted by atomic mass is 9.88. The predicted octanol–water partition coefficient (Wildman–Crippen LogP) is 4.86. The molecule has 3 aromatic rings. The summed E-state index contributed by atoms with van der Waals surface area (Å²) in [7, 11) is 1.64. The molecule has 2 amide bonds. The first-order valence-electron chi connectivity index (χ1n) is 13.9. The third-order valence-corrected chi connectivity index (χ3v) is 7.79. The number of carbonyl (C=O) groups excluding carboxylic acids is 2. The molecule has 7 nitrogen and oxygen atoms in total. The zero-order valence-corrected chi connectivity index (χ0v) is 22.8. The van der Waals surface area contributed by atoms with Crippen LogP contribution in [0.25, 0.3) is 0 Å². The molecule has 9 heteroatoms. The summed E-state index contributed by atoms with van der Waals surface area (Å²) in [6, 6.07) is 19.6. The van der Waals surface area contributed by atoms with Gasteiger partial charge in [0.2, 0.25) is 12.1 Å². The van der Waals surface area contributed by atoms with E-state index in [0.29, 0.717) is 17.8 Å². The van der Waals surface area contributed by atoms with Crippen LogP contribution in [0.5, 0.6) is 5.75 Å². The largest absolute Gasteiger partial charge is 0.491 e. The molecule has 1 heterocycles. The Morgan fingerprint density at radius 1 is 1.05 bits per heavy atom. The van der Waals surface area contributed by atoms with Crippen molar-refractivity contribution < 1.29 is 28.2 Å². The van der Waals surface area contributed by atoms with Crippen molar-refractivity contribution >= 4 is 23.2 Å². The quantitative estimate of drug-likeness (QED) is 0.391. The Hall–Kier alpha value is -4.11. The number of para-hydroxylation sites is 1. The zero-order valence-electron chi connectivity index (χ0n) is 22.8. The molecule has 214 valence electrons. The van der Waals surface area contributed by atoms with Crippen molar-refractivity contribution in [2.45, 2.75) is 44.4 Å². The first kappa shape index (κ1) is 28.4. The molecule has 2 aliphatic rings. The van der Waals surface area contributed by atoms with Crippen molar-refractivity contribution in [1.82, 2.24) is 5.32 Å². The van der Waals surface area contributed by atoms with Crippen LogP contribution in [0.2, 0.25) is 0 Å². The lowest BCUT2D eigenvalue weighted by Gasteiger charge is -2.27. The average Bonchev–Trinajstić information content (AvgIpc) is 3.46. The highest BCUT2D eigenvalue weighted by Gasteiger charge is 2.36. The number of nitrogens with one attached hydrogen (secondary N) is 1. The first-order valence-corrected chi connectivity index (χ1v) is 13.9. The maximum Gasteiger partial charge on any atom is 0.272 e. The third kappa shape index (κ3) is 6.62. The van der Waals surface area contributed by atoms with Crippen molar-refractivity contribution in [3.63, 3.8) is 0 Å². The average molecular weight is 562 g/mol. The van der Waals surface area contributed by atoms with Crippen LogP contribution in [-0.2, 0) is 9.59 Å². The van der Waals surface area contributed by atoms with Crippen LogP contribution in [0, 0.1) is 23.5 Å². The third-order valence-electron chi connectivity index (χ3n) is 7.79. The van der Waals surface area contributed by atoms with Crippen molar-refractivity contribution in [3.05, 3.63) is 95.6 Å². The molecule has 0 saturated heterocycles. The number of likely N-dealkylation sites (N-methyl/N-ethyl adjacent to an activating group) is 1. The van der Waals surface area contributed by atoms with E-state index < -0.39 is 41.6 Å². The molecule has 0 bridgehead atoms. The minimum absolute atomic E-state index is 0.0861. The number of hydrogen-bond acceptors (Lipinski definition) is 5. The Morgan fingerprint density at radius 3 is 2.41 bits per heavy atom. The molecule has 3 atom stereocenters. The normalized spacial score (nSPS) is 18.7. The Morgan fingerprint density at radius 2 is 1.71 bits per heavy atom. The number of carbonyl (C=O) groups is 2. The number of aliphatic hydroxyl groups excluding tert-OH is 1. The molecule has 1 fully saturated rings. The molecule has 41 heavy (non-hydrogen) atoms. The maximum absolute atomic E-state index is 13.8. The summed E-state index contributed by atoms with van der Waals surface area (Å²) in [6.45, 7) is -0.351. The fourth-order valence-electron chi connectivity index (χ4n) is 5.64. The summed E-state index contributed by atoms with van der Waals surface area (Å²) in [5, 5.41) is 13.9.